The third-order valence-electron chi connectivity index (χ3n) is 8.40. The van der Waals surface area contributed by atoms with E-state index in [0.29, 0.717) is 36.0 Å². The fourth-order valence-corrected chi connectivity index (χ4v) is 6.17. The van der Waals surface area contributed by atoms with Crippen molar-refractivity contribution in [3.63, 3.8) is 0 Å². The van der Waals surface area contributed by atoms with E-state index in [1.54, 1.807) is 0 Å². The second-order valence-electron chi connectivity index (χ2n) is 10.9. The summed E-state index contributed by atoms with van der Waals surface area (Å²) in [5.41, 5.74) is -0.446. The van der Waals surface area contributed by atoms with Crippen molar-refractivity contribution in [2.45, 2.75) is 77.2 Å². The average molecular weight is 543 g/mol. The molecule has 4 rings (SSSR count). The molecule has 0 amide bonds. The van der Waals surface area contributed by atoms with Crippen molar-refractivity contribution in [2.24, 2.45) is 23.7 Å². The van der Waals surface area contributed by atoms with Crippen LogP contribution in [-0.4, -0.2) is 13.2 Å². The van der Waals surface area contributed by atoms with Gasteiger partial charge in [-0.2, -0.15) is 8.78 Å². The van der Waals surface area contributed by atoms with Gasteiger partial charge >= 0.3 is 6.11 Å². The molecular weight excluding hydrogens is 506 g/mol. The van der Waals surface area contributed by atoms with Crippen molar-refractivity contribution >= 4 is 0 Å². The van der Waals surface area contributed by atoms with Crippen molar-refractivity contribution in [3.05, 3.63) is 64.7 Å². The van der Waals surface area contributed by atoms with E-state index < -0.39 is 40.7 Å². The summed E-state index contributed by atoms with van der Waals surface area (Å²) in [5, 5.41) is 0. The standard InChI is InChI=1S/C30H36F6O2/c1-2-37-18-21-7-12-23(13-8-21)22-10-5-19(6-11-22)3-4-20-9-14-25(26(31)15-20)30(35,36)38-24-16-27(32)29(34)28(33)17-24/h9,14-17,19,21-23H,2-8,10-13,18H2,1H3. The van der Waals surface area contributed by atoms with E-state index in [1.165, 1.54) is 44.6 Å². The van der Waals surface area contributed by atoms with Crippen LogP contribution in [0.1, 0.15) is 75.8 Å². The van der Waals surface area contributed by atoms with Gasteiger partial charge in [0, 0.05) is 25.3 Å². The van der Waals surface area contributed by atoms with Gasteiger partial charge in [-0.05, 0) is 99.7 Å². The quantitative estimate of drug-likeness (QED) is 0.220. The van der Waals surface area contributed by atoms with Crippen LogP contribution in [0.25, 0.3) is 0 Å². The van der Waals surface area contributed by atoms with Gasteiger partial charge in [-0.25, -0.2) is 17.6 Å². The molecule has 210 valence electrons. The first kappa shape index (κ1) is 28.8. The van der Waals surface area contributed by atoms with Crippen LogP contribution in [0.15, 0.2) is 30.3 Å². The molecule has 0 saturated heterocycles. The maximum absolute atomic E-state index is 14.6. The Labute approximate surface area is 220 Å². The summed E-state index contributed by atoms with van der Waals surface area (Å²) >= 11 is 0. The molecule has 2 aliphatic rings. The van der Waals surface area contributed by atoms with Crippen molar-refractivity contribution < 1.29 is 35.8 Å². The number of rotatable bonds is 10. The fourth-order valence-electron chi connectivity index (χ4n) is 6.17. The number of alkyl halides is 2. The Bertz CT molecular complexity index is 1040. The minimum Gasteiger partial charge on any atom is -0.429 e. The molecule has 8 heteroatoms. The molecule has 0 heterocycles. The van der Waals surface area contributed by atoms with E-state index in [9.17, 15) is 26.3 Å². The fraction of sp³-hybridized carbons (Fsp3) is 0.600. The van der Waals surface area contributed by atoms with Crippen molar-refractivity contribution in [1.82, 2.24) is 0 Å². The molecule has 2 saturated carbocycles. The summed E-state index contributed by atoms with van der Waals surface area (Å²) in [7, 11) is 0. The first-order valence-electron chi connectivity index (χ1n) is 13.7. The normalized spacial score (nSPS) is 24.4. The van der Waals surface area contributed by atoms with E-state index in [2.05, 4.69) is 4.74 Å². The van der Waals surface area contributed by atoms with Crippen molar-refractivity contribution in [1.29, 1.82) is 0 Å². The van der Waals surface area contributed by atoms with Gasteiger partial charge in [0.25, 0.3) is 0 Å². The predicted octanol–water partition coefficient (Wildman–Crippen LogP) is 8.95. The number of benzene rings is 2. The summed E-state index contributed by atoms with van der Waals surface area (Å²) in [6, 6.07) is 4.00. The van der Waals surface area contributed by atoms with Gasteiger partial charge in [-0.15, -0.1) is 0 Å². The lowest BCUT2D eigenvalue weighted by Gasteiger charge is -2.38. The van der Waals surface area contributed by atoms with Crippen LogP contribution < -0.4 is 4.74 Å². The minimum atomic E-state index is -4.19. The highest BCUT2D eigenvalue weighted by molar-refractivity contribution is 5.30. The van der Waals surface area contributed by atoms with Crippen molar-refractivity contribution in [3.8, 4) is 5.75 Å². The van der Waals surface area contributed by atoms with E-state index in [-0.39, 0.29) is 0 Å². The zero-order valence-corrected chi connectivity index (χ0v) is 21.8. The highest BCUT2D eigenvalue weighted by Gasteiger charge is 2.38. The molecule has 2 aromatic carbocycles. The molecule has 0 N–H and O–H groups in total. The highest BCUT2D eigenvalue weighted by atomic mass is 19.3. The molecule has 0 unspecified atom stereocenters. The Hall–Kier alpha value is -2.22. The highest BCUT2D eigenvalue weighted by Crippen LogP contribution is 2.42. The van der Waals surface area contributed by atoms with Gasteiger partial charge in [0.15, 0.2) is 17.5 Å². The number of aryl methyl sites for hydroxylation is 1. The number of ether oxygens (including phenoxy) is 2. The lowest BCUT2D eigenvalue weighted by atomic mass is 9.68. The predicted molar refractivity (Wildman–Crippen MR) is 133 cm³/mol. The molecule has 2 nitrogen and oxygen atoms in total. The Morgan fingerprint density at radius 1 is 0.763 bits per heavy atom. The van der Waals surface area contributed by atoms with E-state index in [4.69, 9.17) is 4.74 Å². The van der Waals surface area contributed by atoms with Crippen LogP contribution >= 0.6 is 0 Å². The summed E-state index contributed by atoms with van der Waals surface area (Å²) < 4.78 is 93.4. The lowest BCUT2D eigenvalue weighted by Crippen LogP contribution is -2.27. The summed E-state index contributed by atoms with van der Waals surface area (Å²) in [4.78, 5) is 0. The molecule has 0 bridgehead atoms. The number of halogens is 6. The third-order valence-corrected chi connectivity index (χ3v) is 8.40. The van der Waals surface area contributed by atoms with Crippen molar-refractivity contribution in [2.75, 3.05) is 13.2 Å². The van der Waals surface area contributed by atoms with E-state index in [1.807, 2.05) is 6.92 Å². The van der Waals surface area contributed by atoms with Gasteiger partial charge in [-0.1, -0.05) is 18.9 Å². The molecule has 2 aromatic rings. The molecule has 0 spiro atoms. The van der Waals surface area contributed by atoms with Gasteiger partial charge in [0.1, 0.15) is 11.6 Å². The Balaban J connectivity index is 1.25. The Kier molecular flexibility index (Phi) is 9.66. The summed E-state index contributed by atoms with van der Waals surface area (Å²) in [6.45, 7) is 3.70. The smallest absolute Gasteiger partial charge is 0.429 e. The average Bonchev–Trinajstić information content (AvgIpc) is 2.89. The second-order valence-corrected chi connectivity index (χ2v) is 10.9. The Morgan fingerprint density at radius 3 is 1.89 bits per heavy atom. The topological polar surface area (TPSA) is 18.5 Å². The van der Waals surface area contributed by atoms with Gasteiger partial charge in [0.05, 0.1) is 5.56 Å². The monoisotopic (exact) mass is 542 g/mol. The first-order chi connectivity index (χ1) is 18.2. The third kappa shape index (κ3) is 7.25. The maximum Gasteiger partial charge on any atom is 0.429 e. The molecule has 0 aromatic heterocycles. The van der Waals surface area contributed by atoms with Gasteiger partial charge in [0.2, 0.25) is 0 Å². The lowest BCUT2D eigenvalue weighted by molar-refractivity contribution is -0.187. The van der Waals surface area contributed by atoms with Gasteiger partial charge < -0.3 is 9.47 Å². The zero-order valence-electron chi connectivity index (χ0n) is 21.8. The molecule has 0 atom stereocenters. The molecule has 38 heavy (non-hydrogen) atoms. The molecule has 0 radical (unpaired) electrons. The van der Waals surface area contributed by atoms with Crippen LogP contribution in [0.4, 0.5) is 26.3 Å². The van der Waals surface area contributed by atoms with Crippen LogP contribution in [0.2, 0.25) is 0 Å². The summed E-state index contributed by atoms with van der Waals surface area (Å²) in [5.74, 6) is -4.43. The summed E-state index contributed by atoms with van der Waals surface area (Å²) in [6.07, 6.45) is 7.06. The van der Waals surface area contributed by atoms with Crippen LogP contribution in [0.3, 0.4) is 0 Å². The zero-order chi connectivity index (χ0) is 27.3. The molecule has 2 fully saturated rings. The SMILES string of the molecule is CCOCC1CCC(C2CCC(CCc3ccc(C(F)(F)Oc4cc(F)c(F)c(F)c4)c(F)c3)CC2)CC1. The van der Waals surface area contributed by atoms with Crippen LogP contribution in [-0.2, 0) is 17.3 Å². The molecule has 0 aliphatic heterocycles. The maximum atomic E-state index is 14.6. The number of hydrogen-bond acceptors (Lipinski definition) is 2. The molecule has 2 aliphatic carbocycles. The first-order valence-corrected chi connectivity index (χ1v) is 13.7. The van der Waals surface area contributed by atoms with E-state index >= 15 is 0 Å². The van der Waals surface area contributed by atoms with Gasteiger partial charge in [-0.3, -0.25) is 0 Å². The van der Waals surface area contributed by atoms with Crippen LogP contribution in [0.5, 0.6) is 5.75 Å². The molecular formula is C30H36F6O2. The number of hydrogen-bond donors (Lipinski definition) is 0. The Morgan fingerprint density at radius 2 is 1.34 bits per heavy atom. The van der Waals surface area contributed by atoms with Crippen LogP contribution in [0, 0.1) is 46.9 Å². The largest absolute Gasteiger partial charge is 0.429 e. The second kappa shape index (κ2) is 12.8. The van der Waals surface area contributed by atoms with E-state index in [0.717, 1.165) is 56.4 Å². The minimum absolute atomic E-state index is 0.293.